The molecular weight excluding hydrogens is 445 g/mol. The summed E-state index contributed by atoms with van der Waals surface area (Å²) >= 11 is 5.59. The number of halogens is 4. The molecule has 0 aliphatic rings. The van der Waals surface area contributed by atoms with E-state index >= 15 is 0 Å². The lowest BCUT2D eigenvalue weighted by Gasteiger charge is -2.12. The predicted molar refractivity (Wildman–Crippen MR) is 114 cm³/mol. The fourth-order valence-electron chi connectivity index (χ4n) is 2.61. The van der Waals surface area contributed by atoms with Crippen LogP contribution in [0.5, 0.6) is 0 Å². The van der Waals surface area contributed by atoms with Gasteiger partial charge in [-0.3, -0.25) is 9.59 Å². The number of amides is 2. The molecule has 0 spiro atoms. The van der Waals surface area contributed by atoms with E-state index in [0.29, 0.717) is 5.56 Å². The molecule has 0 saturated carbocycles. The fourth-order valence-corrected chi connectivity index (χ4v) is 2.84. The molecule has 2 aromatic carbocycles. The smallest absolute Gasteiger partial charge is 0.383 e. The van der Waals surface area contributed by atoms with Crippen molar-refractivity contribution in [3.05, 3.63) is 87.6 Å². The first-order valence-corrected chi connectivity index (χ1v) is 9.28. The van der Waals surface area contributed by atoms with Crippen LogP contribution in [0.4, 0.5) is 24.7 Å². The summed E-state index contributed by atoms with van der Waals surface area (Å²) in [5.41, 5.74) is 10.8. The maximum absolute atomic E-state index is 13.0. The number of carbonyl (C=O) groups excluding carboxylic acids is 2. The lowest BCUT2D eigenvalue weighted by Crippen LogP contribution is -2.13. The minimum absolute atomic E-state index is 0.0645. The molecule has 32 heavy (non-hydrogen) atoms. The lowest BCUT2D eigenvalue weighted by molar-refractivity contribution is -0.137. The summed E-state index contributed by atoms with van der Waals surface area (Å²) < 4.78 is 39.0. The molecule has 1 aromatic heterocycles. The Morgan fingerprint density at radius 1 is 1.03 bits per heavy atom. The Kier molecular flexibility index (Phi) is 6.37. The summed E-state index contributed by atoms with van der Waals surface area (Å²) in [4.78, 5) is 27.6. The van der Waals surface area contributed by atoms with Crippen molar-refractivity contribution in [1.29, 1.82) is 0 Å². The predicted octanol–water partition coefficient (Wildman–Crippen LogP) is 4.09. The van der Waals surface area contributed by atoms with Crippen molar-refractivity contribution < 1.29 is 22.8 Å². The van der Waals surface area contributed by atoms with E-state index in [1.165, 1.54) is 30.5 Å². The van der Waals surface area contributed by atoms with E-state index in [1.807, 2.05) is 0 Å². The summed E-state index contributed by atoms with van der Waals surface area (Å²) in [5.74, 6) is 4.32. The number of nitrogens with one attached hydrogen (secondary N) is 1. The van der Waals surface area contributed by atoms with Crippen LogP contribution in [0.3, 0.4) is 0 Å². The van der Waals surface area contributed by atoms with Gasteiger partial charge in [-0.1, -0.05) is 29.5 Å². The minimum atomic E-state index is -4.66. The largest absolute Gasteiger partial charge is 0.417 e. The van der Waals surface area contributed by atoms with Gasteiger partial charge in [0.2, 0.25) is 5.91 Å². The van der Waals surface area contributed by atoms with E-state index in [2.05, 4.69) is 22.1 Å². The maximum atomic E-state index is 13.0. The lowest BCUT2D eigenvalue weighted by atomic mass is 10.1. The van der Waals surface area contributed by atoms with Crippen molar-refractivity contribution in [3.8, 4) is 11.8 Å². The van der Waals surface area contributed by atoms with Gasteiger partial charge in [0.1, 0.15) is 5.82 Å². The first kappa shape index (κ1) is 22.7. The monoisotopic (exact) mass is 458 g/mol. The molecule has 0 aliphatic carbocycles. The molecule has 3 aromatic rings. The first-order valence-electron chi connectivity index (χ1n) is 8.90. The summed E-state index contributed by atoms with van der Waals surface area (Å²) in [6, 6.07) is 10.6. The molecule has 0 bridgehead atoms. The Labute approximate surface area is 185 Å². The molecule has 3 rings (SSSR count). The van der Waals surface area contributed by atoms with Crippen LogP contribution < -0.4 is 16.8 Å². The number of aromatic nitrogens is 1. The third kappa shape index (κ3) is 5.36. The number of nitrogens with two attached hydrogens (primary N) is 2. The van der Waals surface area contributed by atoms with E-state index < -0.39 is 28.6 Å². The zero-order valence-corrected chi connectivity index (χ0v) is 16.9. The van der Waals surface area contributed by atoms with Crippen molar-refractivity contribution in [2.75, 3.05) is 11.1 Å². The van der Waals surface area contributed by atoms with Gasteiger partial charge < -0.3 is 16.8 Å². The number of hydrogen-bond acceptors (Lipinski definition) is 4. The SMILES string of the molecule is NC(=O)c1cnc(N)c(C#Cc2cccc(C(=O)Nc3ccc(Cl)c(C(F)(F)F)c3)c2)c1. The molecule has 6 nitrogen and oxygen atoms in total. The van der Waals surface area contributed by atoms with Gasteiger partial charge in [0.25, 0.3) is 5.91 Å². The van der Waals surface area contributed by atoms with Crippen molar-refractivity contribution >= 4 is 34.9 Å². The van der Waals surface area contributed by atoms with Crippen LogP contribution in [0.15, 0.2) is 54.7 Å². The highest BCUT2D eigenvalue weighted by Crippen LogP contribution is 2.36. The highest BCUT2D eigenvalue weighted by molar-refractivity contribution is 6.31. The summed E-state index contributed by atoms with van der Waals surface area (Å²) in [6.45, 7) is 0. The minimum Gasteiger partial charge on any atom is -0.383 e. The molecule has 1 heterocycles. The Hall–Kier alpha value is -4.03. The second-order valence-corrected chi connectivity index (χ2v) is 6.91. The Balaban J connectivity index is 1.84. The van der Waals surface area contributed by atoms with E-state index in [1.54, 1.807) is 12.1 Å². The van der Waals surface area contributed by atoms with E-state index in [4.69, 9.17) is 23.1 Å². The molecule has 0 fully saturated rings. The topological polar surface area (TPSA) is 111 Å². The molecule has 0 radical (unpaired) electrons. The number of primary amides is 1. The number of nitrogens with zero attached hydrogens (tertiary/aromatic N) is 1. The number of anilines is 2. The molecule has 5 N–H and O–H groups in total. The maximum Gasteiger partial charge on any atom is 0.417 e. The van der Waals surface area contributed by atoms with Gasteiger partial charge in [-0.15, -0.1) is 0 Å². The van der Waals surface area contributed by atoms with E-state index in [9.17, 15) is 22.8 Å². The van der Waals surface area contributed by atoms with Crippen molar-refractivity contribution in [3.63, 3.8) is 0 Å². The molecule has 0 atom stereocenters. The third-order valence-corrected chi connectivity index (χ3v) is 4.53. The highest BCUT2D eigenvalue weighted by atomic mass is 35.5. The molecule has 0 saturated heterocycles. The second-order valence-electron chi connectivity index (χ2n) is 6.50. The number of benzene rings is 2. The van der Waals surface area contributed by atoms with Gasteiger partial charge in [0, 0.05) is 23.0 Å². The Morgan fingerprint density at radius 2 is 1.78 bits per heavy atom. The van der Waals surface area contributed by atoms with Gasteiger partial charge in [0.15, 0.2) is 0 Å². The van der Waals surface area contributed by atoms with Crippen LogP contribution >= 0.6 is 11.6 Å². The highest BCUT2D eigenvalue weighted by Gasteiger charge is 2.33. The van der Waals surface area contributed by atoms with Crippen LogP contribution in [0.2, 0.25) is 5.02 Å². The third-order valence-electron chi connectivity index (χ3n) is 4.20. The molecule has 162 valence electrons. The number of carbonyl (C=O) groups is 2. The molecular formula is C22H14ClF3N4O2. The average molecular weight is 459 g/mol. The normalized spacial score (nSPS) is 10.8. The van der Waals surface area contributed by atoms with Crippen molar-refractivity contribution in [2.24, 2.45) is 5.73 Å². The number of alkyl halides is 3. The number of nitrogen functional groups attached to an aromatic ring is 1. The van der Waals surface area contributed by atoms with Crippen molar-refractivity contribution in [2.45, 2.75) is 6.18 Å². The first-order chi connectivity index (χ1) is 15.0. The summed E-state index contributed by atoms with van der Waals surface area (Å²) in [7, 11) is 0. The van der Waals surface area contributed by atoms with E-state index in [-0.39, 0.29) is 28.2 Å². The van der Waals surface area contributed by atoms with Gasteiger partial charge in [-0.05, 0) is 42.5 Å². The number of hydrogen-bond donors (Lipinski definition) is 3. The van der Waals surface area contributed by atoms with E-state index in [0.717, 1.165) is 12.1 Å². The standard InChI is InChI=1S/C22H14ClF3N4O2/c23-18-7-6-16(10-17(18)22(24,25)26)30-21(32)14-3-1-2-12(8-14)4-5-13-9-15(20(28)31)11-29-19(13)27/h1-3,6-11H,(H2,27,29)(H2,28,31)(H,30,32). The van der Waals surface area contributed by atoms with Crippen molar-refractivity contribution in [1.82, 2.24) is 4.98 Å². The molecule has 0 unspecified atom stereocenters. The van der Waals surface area contributed by atoms with Gasteiger partial charge >= 0.3 is 6.18 Å². The van der Waals surface area contributed by atoms with Gasteiger partial charge in [0.05, 0.1) is 21.7 Å². The van der Waals surface area contributed by atoms with Crippen LogP contribution in [0.1, 0.15) is 37.4 Å². The average Bonchev–Trinajstić information content (AvgIpc) is 2.73. The summed E-state index contributed by atoms with van der Waals surface area (Å²) in [5, 5.41) is 1.93. The second kappa shape index (κ2) is 8.99. The number of pyridine rings is 1. The van der Waals surface area contributed by atoms with Gasteiger partial charge in [-0.25, -0.2) is 4.98 Å². The van der Waals surface area contributed by atoms with Crippen LogP contribution in [-0.2, 0) is 6.18 Å². The Bertz CT molecular complexity index is 1280. The van der Waals surface area contributed by atoms with Crippen LogP contribution in [0, 0.1) is 11.8 Å². The van der Waals surface area contributed by atoms with Gasteiger partial charge in [-0.2, -0.15) is 13.2 Å². The molecule has 2 amide bonds. The number of rotatable bonds is 3. The quantitative estimate of drug-likeness (QED) is 0.513. The Morgan fingerprint density at radius 3 is 2.47 bits per heavy atom. The van der Waals surface area contributed by atoms with Crippen LogP contribution in [0.25, 0.3) is 0 Å². The summed E-state index contributed by atoms with van der Waals surface area (Å²) in [6.07, 6.45) is -3.43. The molecule has 0 aliphatic heterocycles. The zero-order chi connectivity index (χ0) is 23.5. The zero-order valence-electron chi connectivity index (χ0n) is 16.1. The molecule has 10 heteroatoms. The van der Waals surface area contributed by atoms with Crippen LogP contribution in [-0.4, -0.2) is 16.8 Å². The fraction of sp³-hybridized carbons (Fsp3) is 0.0455.